The van der Waals surface area contributed by atoms with Gasteiger partial charge in [-0.1, -0.05) is 0 Å². The van der Waals surface area contributed by atoms with Crippen LogP contribution in [0.25, 0.3) is 27.9 Å². The van der Waals surface area contributed by atoms with Gasteiger partial charge in [-0.3, -0.25) is 0 Å². The topological polar surface area (TPSA) is 31.0 Å². The summed E-state index contributed by atoms with van der Waals surface area (Å²) in [5.74, 6) is 1.92. The van der Waals surface area contributed by atoms with Crippen LogP contribution in [-0.2, 0) is 6.42 Å². The van der Waals surface area contributed by atoms with Gasteiger partial charge < -0.3 is 0 Å². The first-order valence-corrected chi connectivity index (χ1v) is 11.7. The molecule has 24 heavy (non-hydrogen) atoms. The Morgan fingerprint density at radius 2 is 1.83 bits per heavy atom. The fraction of sp³-hybridized carbons (Fsp3) is 0.105. The molecule has 0 saturated carbocycles. The molecule has 0 aliphatic rings. The monoisotopic (exact) mass is 388 g/mol. The van der Waals surface area contributed by atoms with E-state index >= 15 is 0 Å². The minimum absolute atomic E-state index is 0.866. The number of aryl methyl sites for hydroxylation is 1. The molecule has 2 radical (unpaired) electrons. The Balaban J connectivity index is 2.05. The SMILES string of the molecule is CCc1oc(-c2ccccc2)c(-n2ncc3ccccc32)c1[S][Ga]. The van der Waals surface area contributed by atoms with E-state index in [1.54, 1.807) is 27.1 Å². The zero-order valence-corrected chi connectivity index (χ0v) is 16.5. The van der Waals surface area contributed by atoms with Crippen molar-refractivity contribution in [2.24, 2.45) is 0 Å². The van der Waals surface area contributed by atoms with Gasteiger partial charge in [0.15, 0.2) is 0 Å². The fourth-order valence-corrected chi connectivity index (χ4v) is 5.07. The molecule has 0 bridgehead atoms. The van der Waals surface area contributed by atoms with Gasteiger partial charge in [-0.25, -0.2) is 0 Å². The minimum atomic E-state index is 0.866. The van der Waals surface area contributed by atoms with Gasteiger partial charge in [-0.15, -0.1) is 0 Å². The van der Waals surface area contributed by atoms with Crippen LogP contribution in [0.2, 0.25) is 0 Å². The van der Waals surface area contributed by atoms with E-state index < -0.39 is 0 Å². The van der Waals surface area contributed by atoms with Gasteiger partial charge >= 0.3 is 154 Å². The molecule has 0 saturated heterocycles. The zero-order valence-electron chi connectivity index (χ0n) is 13.3. The van der Waals surface area contributed by atoms with Gasteiger partial charge in [0.25, 0.3) is 0 Å². The zero-order chi connectivity index (χ0) is 16.5. The van der Waals surface area contributed by atoms with Gasteiger partial charge in [-0.05, 0) is 0 Å². The number of fused-ring (bicyclic) bond motifs is 1. The molecule has 2 aromatic heterocycles. The molecule has 5 heteroatoms. The molecule has 0 aliphatic heterocycles. The van der Waals surface area contributed by atoms with Gasteiger partial charge in [-0.2, -0.15) is 0 Å². The van der Waals surface area contributed by atoms with Crippen molar-refractivity contribution >= 4 is 38.0 Å². The van der Waals surface area contributed by atoms with Crippen LogP contribution >= 0.6 is 9.70 Å². The standard InChI is InChI=1S/C19H16N2OS.Ga/c1-2-16-19(23)17(18(22-16)13-8-4-3-5-9-13)21-15-11-7-6-10-14(15)12-20-21;/h3-12,23H,2H2,1H3;/q;+1/p-1. The number of rotatable bonds is 4. The van der Waals surface area contributed by atoms with Crippen molar-refractivity contribution in [3.63, 3.8) is 0 Å². The number of hydrogen-bond donors (Lipinski definition) is 0. The molecule has 2 aromatic carbocycles. The third-order valence-electron chi connectivity index (χ3n) is 4.07. The summed E-state index contributed by atoms with van der Waals surface area (Å²) in [6.07, 6.45) is 2.78. The third-order valence-corrected chi connectivity index (χ3v) is 6.21. The van der Waals surface area contributed by atoms with E-state index in [0.717, 1.165) is 40.1 Å². The Labute approximate surface area is 153 Å². The van der Waals surface area contributed by atoms with Crippen LogP contribution in [0.4, 0.5) is 0 Å². The number of aromatic nitrogens is 2. The van der Waals surface area contributed by atoms with E-state index in [2.05, 4.69) is 36.3 Å². The predicted molar refractivity (Wildman–Crippen MR) is 99.8 cm³/mol. The molecular formula is C19H15GaN2OS. The summed E-state index contributed by atoms with van der Waals surface area (Å²) in [6, 6.07) is 18.5. The Bertz CT molecular complexity index is 991. The quantitative estimate of drug-likeness (QED) is 0.459. The number of benzene rings is 2. The van der Waals surface area contributed by atoms with Crippen molar-refractivity contribution in [3.8, 4) is 17.0 Å². The summed E-state index contributed by atoms with van der Waals surface area (Å²) in [7, 11) is 1.78. The maximum atomic E-state index is 6.27. The van der Waals surface area contributed by atoms with Crippen molar-refractivity contribution in [2.75, 3.05) is 0 Å². The third kappa shape index (κ3) is 2.53. The molecule has 0 atom stereocenters. The van der Waals surface area contributed by atoms with Crippen molar-refractivity contribution < 1.29 is 4.42 Å². The molecule has 0 fully saturated rings. The first-order valence-electron chi connectivity index (χ1n) is 7.84. The number of nitrogens with zero attached hydrogens (tertiary/aromatic N) is 2. The van der Waals surface area contributed by atoms with Crippen molar-refractivity contribution in [1.29, 1.82) is 0 Å². The summed E-state index contributed by atoms with van der Waals surface area (Å²) in [6.45, 7) is 2.13. The molecule has 3 nitrogen and oxygen atoms in total. The van der Waals surface area contributed by atoms with Crippen LogP contribution in [0.15, 0.2) is 70.1 Å². The van der Waals surface area contributed by atoms with Crippen LogP contribution in [0.3, 0.4) is 0 Å². The second kappa shape index (κ2) is 6.59. The average Bonchev–Trinajstić information content (AvgIpc) is 3.22. The molecule has 4 aromatic rings. The first-order chi connectivity index (χ1) is 11.8. The summed E-state index contributed by atoms with van der Waals surface area (Å²) >= 11 is 1.60. The second-order valence-corrected chi connectivity index (χ2v) is 7.61. The molecule has 4 rings (SSSR count). The normalized spacial score (nSPS) is 11.2. The molecule has 0 amide bonds. The molecule has 0 N–H and O–H groups in total. The molecule has 0 spiro atoms. The Hall–Kier alpha value is -1.82. The van der Waals surface area contributed by atoms with E-state index in [4.69, 9.17) is 4.42 Å². The van der Waals surface area contributed by atoms with Gasteiger partial charge in [0.1, 0.15) is 0 Å². The summed E-state index contributed by atoms with van der Waals surface area (Å²) in [4.78, 5) is 1.19. The van der Waals surface area contributed by atoms with Gasteiger partial charge in [0, 0.05) is 0 Å². The van der Waals surface area contributed by atoms with E-state index in [1.807, 2.05) is 41.2 Å². The van der Waals surface area contributed by atoms with Crippen LogP contribution in [0.1, 0.15) is 12.7 Å². The van der Waals surface area contributed by atoms with E-state index in [0.29, 0.717) is 0 Å². The average molecular weight is 389 g/mol. The fourth-order valence-electron chi connectivity index (χ4n) is 2.93. The van der Waals surface area contributed by atoms with Gasteiger partial charge in [0.05, 0.1) is 0 Å². The molecular weight excluding hydrogens is 374 g/mol. The van der Waals surface area contributed by atoms with E-state index in [1.165, 1.54) is 4.90 Å². The van der Waals surface area contributed by atoms with Crippen molar-refractivity contribution in [1.82, 2.24) is 9.78 Å². The van der Waals surface area contributed by atoms with Gasteiger partial charge in [0.2, 0.25) is 0 Å². The predicted octanol–water partition coefficient (Wildman–Crippen LogP) is 5.02. The van der Waals surface area contributed by atoms with E-state index in [-0.39, 0.29) is 0 Å². The van der Waals surface area contributed by atoms with E-state index in [9.17, 15) is 0 Å². The van der Waals surface area contributed by atoms with Crippen LogP contribution in [0, 0.1) is 0 Å². The molecule has 2 heterocycles. The van der Waals surface area contributed by atoms with Crippen LogP contribution < -0.4 is 0 Å². The molecule has 0 aliphatic carbocycles. The Morgan fingerprint density at radius 1 is 1.08 bits per heavy atom. The number of para-hydroxylation sites is 1. The first kappa shape index (κ1) is 15.7. The summed E-state index contributed by atoms with van der Waals surface area (Å²) in [5.41, 5.74) is 3.23. The van der Waals surface area contributed by atoms with Crippen LogP contribution in [0.5, 0.6) is 0 Å². The summed E-state index contributed by atoms with van der Waals surface area (Å²) < 4.78 is 8.29. The summed E-state index contributed by atoms with van der Waals surface area (Å²) in [5, 5.41) is 5.79. The van der Waals surface area contributed by atoms with Crippen molar-refractivity contribution in [2.45, 2.75) is 18.2 Å². The number of furan rings is 1. The van der Waals surface area contributed by atoms with Crippen molar-refractivity contribution in [3.05, 3.63) is 66.6 Å². The number of hydrogen-bond acceptors (Lipinski definition) is 3. The molecule has 0 unspecified atom stereocenters. The Morgan fingerprint density at radius 3 is 2.58 bits per heavy atom. The second-order valence-electron chi connectivity index (χ2n) is 5.48. The maximum absolute atomic E-state index is 6.27. The van der Waals surface area contributed by atoms with Crippen LogP contribution in [-0.4, -0.2) is 27.2 Å². The molecule has 116 valence electrons. The Kier molecular flexibility index (Phi) is 4.31.